The van der Waals surface area contributed by atoms with Gasteiger partial charge in [-0.3, -0.25) is 0 Å². The summed E-state index contributed by atoms with van der Waals surface area (Å²) in [6.45, 7) is 8.06. The Kier molecular flexibility index (Phi) is 6.19. The molecular formula is C20H32N4O3. The average molecular weight is 377 g/mol. The molecule has 7 heteroatoms. The third kappa shape index (κ3) is 5.31. The van der Waals surface area contributed by atoms with Gasteiger partial charge in [-0.25, -0.2) is 14.8 Å². The van der Waals surface area contributed by atoms with E-state index in [4.69, 9.17) is 9.84 Å². The van der Waals surface area contributed by atoms with Crippen LogP contribution in [-0.4, -0.2) is 57.3 Å². The molecule has 27 heavy (non-hydrogen) atoms. The minimum Gasteiger partial charge on any atom is -0.444 e. The minimum absolute atomic E-state index is 0.131. The highest BCUT2D eigenvalue weighted by Crippen LogP contribution is 2.30. The number of carbonyl (C=O) groups excluding carboxylic acids is 1. The Morgan fingerprint density at radius 3 is 2.52 bits per heavy atom. The van der Waals surface area contributed by atoms with Crippen LogP contribution in [0.15, 0.2) is 12.4 Å². The molecular weight excluding hydrogens is 344 g/mol. The van der Waals surface area contributed by atoms with E-state index in [1.807, 2.05) is 25.7 Å². The smallest absolute Gasteiger partial charge is 0.410 e. The lowest BCUT2D eigenvalue weighted by molar-refractivity contribution is 0.00736. The number of hydrogen-bond donors (Lipinski definition) is 1. The molecule has 1 aliphatic carbocycles. The maximum atomic E-state index is 12.9. The van der Waals surface area contributed by atoms with E-state index in [-0.39, 0.29) is 18.7 Å². The van der Waals surface area contributed by atoms with Crippen molar-refractivity contribution < 1.29 is 14.6 Å². The molecule has 0 radical (unpaired) electrons. The molecule has 1 saturated carbocycles. The van der Waals surface area contributed by atoms with Gasteiger partial charge in [-0.15, -0.1) is 0 Å². The minimum atomic E-state index is -0.489. The topological polar surface area (TPSA) is 78.8 Å². The van der Waals surface area contributed by atoms with E-state index in [1.54, 1.807) is 12.4 Å². The van der Waals surface area contributed by atoms with Crippen molar-refractivity contribution in [3.63, 3.8) is 0 Å². The van der Waals surface area contributed by atoms with Gasteiger partial charge in [-0.05, 0) is 52.4 Å². The summed E-state index contributed by atoms with van der Waals surface area (Å²) in [6, 6.07) is 0.131. The summed E-state index contributed by atoms with van der Waals surface area (Å²) in [5.74, 6) is 1.02. The fourth-order valence-electron chi connectivity index (χ4n) is 3.68. The van der Waals surface area contributed by atoms with E-state index in [9.17, 15) is 4.79 Å². The van der Waals surface area contributed by atoms with Crippen LogP contribution in [0.3, 0.4) is 0 Å². The van der Waals surface area contributed by atoms with E-state index in [1.165, 1.54) is 19.3 Å². The Morgan fingerprint density at radius 2 is 1.96 bits per heavy atom. The molecule has 1 aromatic rings. The van der Waals surface area contributed by atoms with E-state index in [0.717, 1.165) is 38.2 Å². The molecule has 1 aromatic heterocycles. The molecule has 2 fully saturated rings. The second kappa shape index (κ2) is 8.42. The maximum absolute atomic E-state index is 12.9. The van der Waals surface area contributed by atoms with Crippen LogP contribution in [0, 0.1) is 5.92 Å². The van der Waals surface area contributed by atoms with Gasteiger partial charge < -0.3 is 19.6 Å². The van der Waals surface area contributed by atoms with Crippen molar-refractivity contribution >= 4 is 11.8 Å². The number of amides is 1. The highest BCUT2D eigenvalue weighted by molar-refractivity contribution is 5.69. The molecule has 1 atom stereocenters. The molecule has 2 heterocycles. The highest BCUT2D eigenvalue weighted by atomic mass is 16.6. The molecule has 0 bridgehead atoms. The number of rotatable bonds is 5. The van der Waals surface area contributed by atoms with Gasteiger partial charge in [0.1, 0.15) is 12.2 Å². The fraction of sp³-hybridized carbons (Fsp3) is 0.750. The zero-order valence-electron chi connectivity index (χ0n) is 16.7. The summed E-state index contributed by atoms with van der Waals surface area (Å²) >= 11 is 0. The Bertz CT molecular complexity index is 625. The van der Waals surface area contributed by atoms with Crippen molar-refractivity contribution in [1.82, 2.24) is 14.9 Å². The van der Waals surface area contributed by atoms with Crippen LogP contribution in [0.4, 0.5) is 10.5 Å². The van der Waals surface area contributed by atoms with Crippen molar-refractivity contribution in [2.45, 2.75) is 71.1 Å². The zero-order valence-corrected chi connectivity index (χ0v) is 16.7. The van der Waals surface area contributed by atoms with Gasteiger partial charge in [0.25, 0.3) is 0 Å². The Hall–Kier alpha value is -1.89. The summed E-state index contributed by atoms with van der Waals surface area (Å²) in [5.41, 5.74) is 0.446. The number of nitrogens with zero attached hydrogens (tertiary/aromatic N) is 4. The van der Waals surface area contributed by atoms with Crippen molar-refractivity contribution in [1.29, 1.82) is 0 Å². The number of hydrogen-bond acceptors (Lipinski definition) is 6. The lowest BCUT2D eigenvalue weighted by Gasteiger charge is -2.42. The van der Waals surface area contributed by atoms with Crippen LogP contribution in [0.25, 0.3) is 0 Å². The van der Waals surface area contributed by atoms with Crippen molar-refractivity contribution in [2.75, 3.05) is 24.5 Å². The SMILES string of the molecule is CC(C)(C)OC(=O)N(CC1CCC1)C1CCCN(c2cnc(CO)nc2)C1. The quantitative estimate of drug-likeness (QED) is 0.851. The predicted octanol–water partition coefficient (Wildman–Crippen LogP) is 2.97. The molecule has 1 unspecified atom stereocenters. The number of ether oxygens (including phenoxy) is 1. The zero-order chi connectivity index (χ0) is 19.4. The van der Waals surface area contributed by atoms with Crippen LogP contribution in [0.1, 0.15) is 58.7 Å². The van der Waals surface area contributed by atoms with E-state index < -0.39 is 5.60 Å². The first-order chi connectivity index (χ1) is 12.9. The predicted molar refractivity (Wildman–Crippen MR) is 103 cm³/mol. The lowest BCUT2D eigenvalue weighted by atomic mass is 9.84. The van der Waals surface area contributed by atoms with Crippen molar-refractivity contribution in [3.05, 3.63) is 18.2 Å². The van der Waals surface area contributed by atoms with Crippen LogP contribution >= 0.6 is 0 Å². The molecule has 1 amide bonds. The van der Waals surface area contributed by atoms with Crippen molar-refractivity contribution in [2.24, 2.45) is 5.92 Å². The number of aliphatic hydroxyl groups is 1. The second-order valence-corrected chi connectivity index (χ2v) is 8.69. The summed E-state index contributed by atoms with van der Waals surface area (Å²) in [5, 5.41) is 9.12. The fourth-order valence-corrected chi connectivity index (χ4v) is 3.68. The molecule has 0 aromatic carbocycles. The average Bonchev–Trinajstić information content (AvgIpc) is 2.59. The molecule has 1 N–H and O–H groups in total. The first kappa shape index (κ1) is 19.9. The van der Waals surface area contributed by atoms with E-state index in [2.05, 4.69) is 14.9 Å². The Balaban J connectivity index is 1.71. The molecule has 150 valence electrons. The van der Waals surface area contributed by atoms with Crippen LogP contribution in [0.2, 0.25) is 0 Å². The largest absolute Gasteiger partial charge is 0.444 e. The van der Waals surface area contributed by atoms with Gasteiger partial charge in [-0.2, -0.15) is 0 Å². The molecule has 2 aliphatic rings. The third-order valence-corrected chi connectivity index (χ3v) is 5.34. The molecule has 1 saturated heterocycles. The summed E-state index contributed by atoms with van der Waals surface area (Å²) in [4.78, 5) is 25.5. The summed E-state index contributed by atoms with van der Waals surface area (Å²) < 4.78 is 5.71. The van der Waals surface area contributed by atoms with Crippen molar-refractivity contribution in [3.8, 4) is 0 Å². The number of anilines is 1. The summed E-state index contributed by atoms with van der Waals surface area (Å²) in [6.07, 6.45) is 8.97. The number of piperidine rings is 1. The molecule has 3 rings (SSSR count). The monoisotopic (exact) mass is 376 g/mol. The first-order valence-electron chi connectivity index (χ1n) is 10.0. The van der Waals surface area contributed by atoms with Gasteiger partial charge in [0.15, 0.2) is 5.82 Å². The van der Waals surface area contributed by atoms with Gasteiger partial charge in [0, 0.05) is 19.6 Å². The third-order valence-electron chi connectivity index (χ3n) is 5.34. The molecule has 1 aliphatic heterocycles. The Labute approximate surface area is 161 Å². The highest BCUT2D eigenvalue weighted by Gasteiger charge is 2.34. The standard InChI is InChI=1S/C20H32N4O3/c1-20(2,3)27-19(26)24(12-15-6-4-7-15)16-8-5-9-23(13-16)17-10-21-18(14-25)22-11-17/h10-11,15-16,25H,4-9,12-14H2,1-3H3. The normalized spacial score (nSPS) is 20.9. The molecule has 0 spiro atoms. The summed E-state index contributed by atoms with van der Waals surface area (Å²) in [7, 11) is 0. The van der Waals surface area contributed by atoms with Gasteiger partial charge in [0.05, 0.1) is 24.1 Å². The molecule has 7 nitrogen and oxygen atoms in total. The second-order valence-electron chi connectivity index (χ2n) is 8.69. The maximum Gasteiger partial charge on any atom is 0.410 e. The lowest BCUT2D eigenvalue weighted by Crippen LogP contribution is -2.53. The number of aromatic nitrogens is 2. The van der Waals surface area contributed by atoms with Crippen LogP contribution in [-0.2, 0) is 11.3 Å². The van der Waals surface area contributed by atoms with Gasteiger partial charge in [-0.1, -0.05) is 6.42 Å². The van der Waals surface area contributed by atoms with E-state index in [0.29, 0.717) is 11.7 Å². The Morgan fingerprint density at radius 1 is 1.26 bits per heavy atom. The first-order valence-corrected chi connectivity index (χ1v) is 10.0. The van der Waals surface area contributed by atoms with Crippen LogP contribution in [0.5, 0.6) is 0 Å². The van der Waals surface area contributed by atoms with Gasteiger partial charge >= 0.3 is 6.09 Å². The van der Waals surface area contributed by atoms with Crippen LogP contribution < -0.4 is 4.90 Å². The number of aliphatic hydroxyl groups excluding tert-OH is 1. The van der Waals surface area contributed by atoms with Gasteiger partial charge in [0.2, 0.25) is 0 Å². The van der Waals surface area contributed by atoms with E-state index >= 15 is 0 Å². The number of carbonyl (C=O) groups is 1.